The van der Waals surface area contributed by atoms with Crippen LogP contribution in [-0.2, 0) is 16.6 Å². The van der Waals surface area contributed by atoms with Crippen molar-refractivity contribution < 1.29 is 4.79 Å². The van der Waals surface area contributed by atoms with E-state index >= 15 is 0 Å². The molecule has 1 heterocycles. The van der Waals surface area contributed by atoms with Crippen molar-refractivity contribution in [2.45, 2.75) is 51.9 Å². The van der Waals surface area contributed by atoms with Crippen LogP contribution in [-0.4, -0.2) is 24.9 Å². The number of ketones is 1. The molecule has 0 saturated heterocycles. The summed E-state index contributed by atoms with van der Waals surface area (Å²) in [6, 6.07) is 8.76. The highest BCUT2D eigenvalue weighted by Crippen LogP contribution is 2.54. The fourth-order valence-corrected chi connectivity index (χ4v) is 6.17. The Morgan fingerprint density at radius 3 is 2.48 bits per heavy atom. The molecule has 0 N–H and O–H groups in total. The van der Waals surface area contributed by atoms with Gasteiger partial charge >= 0.3 is 0 Å². The second-order valence-corrected chi connectivity index (χ2v) is 9.78. The Morgan fingerprint density at radius 2 is 1.85 bits per heavy atom. The predicted octanol–water partition coefficient (Wildman–Crippen LogP) is 5.15. The molecule has 3 nitrogen and oxygen atoms in total. The van der Waals surface area contributed by atoms with E-state index in [0.717, 1.165) is 24.8 Å². The fourth-order valence-electron chi connectivity index (χ4n) is 5.06. The highest BCUT2D eigenvalue weighted by molar-refractivity contribution is 7.10. The summed E-state index contributed by atoms with van der Waals surface area (Å²) in [6.45, 7) is 6.64. The molecule has 0 aliphatic heterocycles. The van der Waals surface area contributed by atoms with Crippen LogP contribution in [0.1, 0.15) is 56.2 Å². The number of hydrogen-bond donors (Lipinski definition) is 0. The molecule has 142 valence electrons. The van der Waals surface area contributed by atoms with Crippen LogP contribution >= 0.6 is 11.3 Å². The fraction of sp³-hybridized carbons (Fsp3) is 0.478. The first-order chi connectivity index (χ1) is 12.8. The average Bonchev–Trinajstić information content (AvgIpc) is 3.07. The van der Waals surface area contributed by atoms with Crippen molar-refractivity contribution in [2.75, 3.05) is 19.0 Å². The largest absolute Gasteiger partial charge is 0.378 e. The number of fused-ring (bicyclic) bond motifs is 1. The number of benzene rings is 1. The Morgan fingerprint density at radius 1 is 1.15 bits per heavy atom. The normalized spacial score (nSPS) is 23.8. The minimum Gasteiger partial charge on any atom is -0.378 e. The first-order valence-electron chi connectivity index (χ1n) is 9.75. The summed E-state index contributed by atoms with van der Waals surface area (Å²) in [5.41, 5.74) is 7.60. The predicted molar refractivity (Wildman–Crippen MR) is 113 cm³/mol. The number of rotatable bonds is 3. The molecule has 0 saturated carbocycles. The van der Waals surface area contributed by atoms with E-state index in [1.54, 1.807) is 11.3 Å². The molecular weight excluding hydrogens is 352 g/mol. The topological polar surface area (TPSA) is 33.2 Å². The molecule has 4 rings (SSSR count). The van der Waals surface area contributed by atoms with Crippen LogP contribution in [0.2, 0.25) is 0 Å². The van der Waals surface area contributed by atoms with Crippen LogP contribution in [0.25, 0.3) is 0 Å². The SMILES string of the molecule is CCC1(c2ccc(N(C)C)cc2)C2=C(Cc3ncsc31)CC(C)(C)CC2=O. The Bertz CT molecular complexity index is 920. The van der Waals surface area contributed by atoms with Gasteiger partial charge in [0.2, 0.25) is 0 Å². The van der Waals surface area contributed by atoms with Gasteiger partial charge in [0, 0.05) is 43.1 Å². The summed E-state index contributed by atoms with van der Waals surface area (Å²) >= 11 is 1.71. The first-order valence-corrected chi connectivity index (χ1v) is 10.6. The van der Waals surface area contributed by atoms with Gasteiger partial charge in [-0.05, 0) is 36.0 Å². The van der Waals surface area contributed by atoms with E-state index in [-0.39, 0.29) is 10.8 Å². The molecule has 1 unspecified atom stereocenters. The van der Waals surface area contributed by atoms with Gasteiger partial charge < -0.3 is 4.90 Å². The van der Waals surface area contributed by atoms with Gasteiger partial charge in [-0.1, -0.05) is 38.5 Å². The lowest BCUT2D eigenvalue weighted by Crippen LogP contribution is -2.42. The van der Waals surface area contributed by atoms with Gasteiger partial charge in [0.25, 0.3) is 0 Å². The van der Waals surface area contributed by atoms with Crippen LogP contribution in [0.4, 0.5) is 5.69 Å². The second-order valence-electron chi connectivity index (χ2n) is 8.92. The van der Waals surface area contributed by atoms with E-state index in [9.17, 15) is 4.79 Å². The zero-order valence-corrected chi connectivity index (χ0v) is 17.7. The summed E-state index contributed by atoms with van der Waals surface area (Å²) in [7, 11) is 4.11. The molecule has 4 heteroatoms. The number of nitrogens with zero attached hydrogens (tertiary/aromatic N) is 2. The highest BCUT2D eigenvalue weighted by Gasteiger charge is 2.49. The van der Waals surface area contributed by atoms with Gasteiger partial charge in [0.15, 0.2) is 5.78 Å². The van der Waals surface area contributed by atoms with Crippen molar-refractivity contribution in [2.24, 2.45) is 5.41 Å². The summed E-state index contributed by atoms with van der Waals surface area (Å²) in [4.78, 5) is 21.5. The molecule has 1 atom stereocenters. The van der Waals surface area contributed by atoms with E-state index in [4.69, 9.17) is 4.98 Å². The smallest absolute Gasteiger partial charge is 0.160 e. The van der Waals surface area contributed by atoms with Crippen LogP contribution < -0.4 is 4.90 Å². The minimum atomic E-state index is -0.345. The van der Waals surface area contributed by atoms with E-state index in [2.05, 4.69) is 64.0 Å². The Kier molecular flexibility index (Phi) is 4.30. The number of carbonyl (C=O) groups is 1. The van der Waals surface area contributed by atoms with Crippen molar-refractivity contribution in [3.05, 3.63) is 57.1 Å². The maximum atomic E-state index is 13.4. The van der Waals surface area contributed by atoms with E-state index in [1.165, 1.54) is 27.4 Å². The van der Waals surface area contributed by atoms with Crippen molar-refractivity contribution in [1.82, 2.24) is 4.98 Å². The zero-order valence-electron chi connectivity index (χ0n) is 16.9. The monoisotopic (exact) mass is 380 g/mol. The maximum absolute atomic E-state index is 13.4. The van der Waals surface area contributed by atoms with Gasteiger partial charge in [-0.3, -0.25) is 4.79 Å². The molecule has 0 fully saturated rings. The van der Waals surface area contributed by atoms with E-state index in [0.29, 0.717) is 12.2 Å². The number of allylic oxidation sites excluding steroid dienone is 2. The summed E-state index contributed by atoms with van der Waals surface area (Å²) in [5.74, 6) is 0.332. The molecule has 2 aliphatic rings. The third-order valence-electron chi connectivity index (χ3n) is 6.21. The third kappa shape index (κ3) is 2.77. The first kappa shape index (κ1) is 18.4. The molecule has 27 heavy (non-hydrogen) atoms. The molecule has 0 amide bonds. The lowest BCUT2D eigenvalue weighted by atomic mass is 9.59. The summed E-state index contributed by atoms with van der Waals surface area (Å²) in [5, 5.41) is 0. The number of Topliss-reactive ketones (excluding diaryl/α,β-unsaturated/α-hetero) is 1. The van der Waals surface area contributed by atoms with Gasteiger partial charge in [0.05, 0.1) is 16.6 Å². The quantitative estimate of drug-likeness (QED) is 0.738. The van der Waals surface area contributed by atoms with E-state index < -0.39 is 0 Å². The number of carbonyl (C=O) groups excluding carboxylic acids is 1. The molecule has 2 aromatic rings. The highest BCUT2D eigenvalue weighted by atomic mass is 32.1. The molecule has 1 aromatic carbocycles. The summed E-state index contributed by atoms with van der Waals surface area (Å²) in [6.07, 6.45) is 3.34. The van der Waals surface area contributed by atoms with Gasteiger partial charge in [0.1, 0.15) is 0 Å². The van der Waals surface area contributed by atoms with Gasteiger partial charge in [-0.2, -0.15) is 0 Å². The van der Waals surface area contributed by atoms with Gasteiger partial charge in [-0.25, -0.2) is 4.98 Å². The molecular formula is C23H28N2OS. The minimum absolute atomic E-state index is 0.0394. The second kappa shape index (κ2) is 6.30. The van der Waals surface area contributed by atoms with Crippen LogP contribution in [0.15, 0.2) is 40.9 Å². The molecule has 0 radical (unpaired) electrons. The lowest BCUT2D eigenvalue weighted by molar-refractivity contribution is -0.118. The Labute approximate surface area is 166 Å². The number of thiazole rings is 1. The third-order valence-corrected chi connectivity index (χ3v) is 7.24. The molecule has 2 aliphatic carbocycles. The van der Waals surface area contributed by atoms with Crippen molar-refractivity contribution >= 4 is 22.8 Å². The molecule has 1 aromatic heterocycles. The number of aromatic nitrogens is 1. The number of anilines is 1. The summed E-state index contributed by atoms with van der Waals surface area (Å²) < 4.78 is 0. The average molecular weight is 381 g/mol. The maximum Gasteiger partial charge on any atom is 0.160 e. The van der Waals surface area contributed by atoms with Crippen LogP contribution in [0.3, 0.4) is 0 Å². The lowest BCUT2D eigenvalue weighted by Gasteiger charge is -2.44. The molecule has 0 spiro atoms. The Hall–Kier alpha value is -1.94. The van der Waals surface area contributed by atoms with Crippen LogP contribution in [0.5, 0.6) is 0 Å². The molecule has 0 bridgehead atoms. The van der Waals surface area contributed by atoms with Gasteiger partial charge in [-0.15, -0.1) is 11.3 Å². The van der Waals surface area contributed by atoms with Crippen molar-refractivity contribution in [1.29, 1.82) is 0 Å². The van der Waals surface area contributed by atoms with Crippen molar-refractivity contribution in [3.63, 3.8) is 0 Å². The van der Waals surface area contributed by atoms with E-state index in [1.807, 2.05) is 5.51 Å². The van der Waals surface area contributed by atoms with Crippen molar-refractivity contribution in [3.8, 4) is 0 Å². The van der Waals surface area contributed by atoms with Crippen LogP contribution in [0, 0.1) is 5.41 Å². The Balaban J connectivity index is 1.96. The number of hydrogen-bond acceptors (Lipinski definition) is 4. The zero-order chi connectivity index (χ0) is 19.4. The standard InChI is InChI=1S/C23H28N2OS/c1-6-23(16-7-9-17(10-8-16)25(4)5)20-15(11-18-21(23)27-14-24-18)12-22(2,3)13-19(20)26/h7-10,14H,6,11-13H2,1-5H3.